The molecule has 1 aliphatic rings. The fourth-order valence-corrected chi connectivity index (χ4v) is 4.64. The number of benzene rings is 1. The third kappa shape index (κ3) is 4.66. The topological polar surface area (TPSA) is 50.3 Å². The van der Waals surface area contributed by atoms with Gasteiger partial charge in [0.1, 0.15) is 22.2 Å². The van der Waals surface area contributed by atoms with Gasteiger partial charge in [0.15, 0.2) is 0 Å². The van der Waals surface area contributed by atoms with Crippen LogP contribution < -0.4 is 0 Å². The van der Waals surface area contributed by atoms with Crippen molar-refractivity contribution in [2.45, 2.75) is 24.7 Å². The van der Waals surface area contributed by atoms with Gasteiger partial charge in [0.05, 0.1) is 4.47 Å². The van der Waals surface area contributed by atoms with Crippen molar-refractivity contribution in [2.75, 3.05) is 13.1 Å². The van der Waals surface area contributed by atoms with Crippen LogP contribution in [-0.4, -0.2) is 30.8 Å². The number of pyridine rings is 1. The first-order chi connectivity index (χ1) is 13.3. The largest absolute Gasteiger partial charge is 0.246 e. The van der Waals surface area contributed by atoms with E-state index in [0.717, 1.165) is 17.3 Å². The summed E-state index contributed by atoms with van der Waals surface area (Å²) in [5.74, 6) is 4.10. The lowest BCUT2D eigenvalue weighted by Crippen LogP contribution is -2.36. The van der Waals surface area contributed by atoms with Crippen LogP contribution in [0.2, 0.25) is 0 Å². The first-order valence-corrected chi connectivity index (χ1v) is 10.8. The van der Waals surface area contributed by atoms with E-state index in [-0.39, 0.29) is 17.6 Å². The molecule has 0 unspecified atom stereocenters. The number of rotatable bonds is 2. The van der Waals surface area contributed by atoms with Crippen molar-refractivity contribution in [1.29, 1.82) is 0 Å². The highest BCUT2D eigenvalue weighted by Gasteiger charge is 2.30. The Balaban J connectivity index is 1.71. The van der Waals surface area contributed by atoms with Gasteiger partial charge in [0.2, 0.25) is 10.0 Å². The van der Waals surface area contributed by atoms with Crippen molar-refractivity contribution < 1.29 is 17.2 Å². The van der Waals surface area contributed by atoms with Crippen LogP contribution >= 0.6 is 15.9 Å². The summed E-state index contributed by atoms with van der Waals surface area (Å²) in [6.45, 7) is 2.27. The van der Waals surface area contributed by atoms with Crippen LogP contribution in [0.3, 0.4) is 0 Å². The lowest BCUT2D eigenvalue weighted by molar-refractivity contribution is 0.383. The predicted molar refractivity (Wildman–Crippen MR) is 106 cm³/mol. The molecular weight excluding hydrogens is 450 g/mol. The Bertz CT molecular complexity index is 1090. The normalized spacial score (nSPS) is 15.1. The maximum atomic E-state index is 14.1. The third-order valence-corrected chi connectivity index (χ3v) is 6.84. The Morgan fingerprint density at radius 3 is 2.57 bits per heavy atom. The number of aryl methyl sites for hydroxylation is 1. The van der Waals surface area contributed by atoms with Crippen LogP contribution in [0, 0.1) is 30.4 Å². The molecule has 0 atom stereocenters. The Hall–Kier alpha value is -2.08. The summed E-state index contributed by atoms with van der Waals surface area (Å²) >= 11 is 2.85. The second kappa shape index (κ2) is 8.52. The van der Waals surface area contributed by atoms with E-state index in [9.17, 15) is 17.2 Å². The van der Waals surface area contributed by atoms with Crippen molar-refractivity contribution >= 4 is 26.0 Å². The zero-order valence-electron chi connectivity index (χ0n) is 15.0. The molecule has 0 N–H and O–H groups in total. The number of allylic oxidation sites excluding steroid dienone is 1. The number of halogens is 3. The van der Waals surface area contributed by atoms with Gasteiger partial charge in [-0.3, -0.25) is 0 Å². The number of sulfonamides is 1. The number of nitrogens with zero attached hydrogens (tertiary/aromatic N) is 2. The summed E-state index contributed by atoms with van der Waals surface area (Å²) < 4.78 is 54.1. The van der Waals surface area contributed by atoms with E-state index in [0.29, 0.717) is 24.6 Å². The predicted octanol–water partition coefficient (Wildman–Crippen LogP) is 4.19. The Morgan fingerprint density at radius 1 is 1.18 bits per heavy atom. The summed E-state index contributed by atoms with van der Waals surface area (Å²) in [5.41, 5.74) is 2.56. The molecule has 0 amide bonds. The molecule has 2 heterocycles. The summed E-state index contributed by atoms with van der Waals surface area (Å²) in [7, 11) is -4.10. The molecule has 1 aromatic heterocycles. The number of hydrogen-bond donors (Lipinski definition) is 0. The summed E-state index contributed by atoms with van der Waals surface area (Å²) in [6, 6.07) is 7.12. The van der Waals surface area contributed by atoms with Crippen LogP contribution in [0.15, 0.2) is 51.3 Å². The molecule has 3 rings (SSSR count). The van der Waals surface area contributed by atoms with Gasteiger partial charge in [0.25, 0.3) is 0 Å². The molecule has 1 aliphatic heterocycles. The maximum Gasteiger partial charge on any atom is 0.246 e. The minimum atomic E-state index is -4.10. The highest BCUT2D eigenvalue weighted by Crippen LogP contribution is 2.28. The molecule has 1 saturated heterocycles. The molecule has 0 spiro atoms. The van der Waals surface area contributed by atoms with Crippen molar-refractivity contribution in [3.8, 4) is 11.8 Å². The zero-order valence-corrected chi connectivity index (χ0v) is 17.4. The van der Waals surface area contributed by atoms with Gasteiger partial charge in [-0.25, -0.2) is 22.2 Å². The van der Waals surface area contributed by atoms with Crippen LogP contribution in [0.5, 0.6) is 0 Å². The van der Waals surface area contributed by atoms with Crippen LogP contribution in [-0.2, 0) is 10.0 Å². The second-order valence-corrected chi connectivity index (χ2v) is 9.10. The molecule has 0 radical (unpaired) electrons. The molecule has 1 aromatic carbocycles. The average Bonchev–Trinajstić information content (AvgIpc) is 2.65. The van der Waals surface area contributed by atoms with Crippen molar-refractivity contribution in [3.05, 3.63) is 69.5 Å². The van der Waals surface area contributed by atoms with Gasteiger partial charge in [-0.05, 0) is 72.0 Å². The third-order valence-electron chi connectivity index (χ3n) is 4.32. The Labute approximate surface area is 171 Å². The molecule has 2 aromatic rings. The van der Waals surface area contributed by atoms with Gasteiger partial charge < -0.3 is 0 Å². The minimum Gasteiger partial charge on any atom is -0.245 e. The molecule has 146 valence electrons. The van der Waals surface area contributed by atoms with E-state index >= 15 is 0 Å². The molecular formula is C20H17BrF2N2O2S. The standard InChI is InChI=1S/C20H17BrF2N2O2S/c1-14-4-2-6-16(24-14)7-3-5-15-8-10-25(11-9-15)28(26,27)20-13-18(22)17(21)12-19(20)23/h2,4-6,12-13H,8-11H2,1H3. The van der Waals surface area contributed by atoms with Crippen LogP contribution in [0.1, 0.15) is 24.2 Å². The SMILES string of the molecule is Cc1cccc(C#CC=C2CCN(S(=O)(=O)c3cc(F)c(Br)cc3F)CC2)n1. The van der Waals surface area contributed by atoms with E-state index in [1.54, 1.807) is 6.08 Å². The van der Waals surface area contributed by atoms with E-state index in [1.165, 1.54) is 4.31 Å². The van der Waals surface area contributed by atoms with E-state index in [4.69, 9.17) is 0 Å². The Morgan fingerprint density at radius 2 is 1.89 bits per heavy atom. The lowest BCUT2D eigenvalue weighted by Gasteiger charge is -2.27. The van der Waals surface area contributed by atoms with Crippen molar-refractivity contribution in [3.63, 3.8) is 0 Å². The van der Waals surface area contributed by atoms with Crippen LogP contribution in [0.4, 0.5) is 8.78 Å². The number of aromatic nitrogens is 1. The summed E-state index contributed by atoms with van der Waals surface area (Å²) in [6.07, 6.45) is 2.74. The first kappa shape index (κ1) is 20.6. The van der Waals surface area contributed by atoms with Crippen molar-refractivity contribution in [1.82, 2.24) is 9.29 Å². The Kier molecular flexibility index (Phi) is 6.28. The van der Waals surface area contributed by atoms with E-state index < -0.39 is 26.6 Å². The summed E-state index contributed by atoms with van der Waals surface area (Å²) in [5, 5.41) is 0. The van der Waals surface area contributed by atoms with Gasteiger partial charge in [-0.1, -0.05) is 17.6 Å². The quantitative estimate of drug-likeness (QED) is 0.492. The second-order valence-electron chi connectivity index (χ2n) is 6.34. The smallest absolute Gasteiger partial charge is 0.245 e. The molecule has 8 heteroatoms. The van der Waals surface area contributed by atoms with Gasteiger partial charge in [-0.2, -0.15) is 4.31 Å². The summed E-state index contributed by atoms with van der Waals surface area (Å²) in [4.78, 5) is 3.65. The highest BCUT2D eigenvalue weighted by molar-refractivity contribution is 9.10. The van der Waals surface area contributed by atoms with E-state index in [1.807, 2.05) is 25.1 Å². The molecule has 28 heavy (non-hydrogen) atoms. The minimum absolute atomic E-state index is 0.116. The monoisotopic (exact) mass is 466 g/mol. The average molecular weight is 467 g/mol. The fraction of sp³-hybridized carbons (Fsp3) is 0.250. The lowest BCUT2D eigenvalue weighted by atomic mass is 10.1. The van der Waals surface area contributed by atoms with E-state index in [2.05, 4.69) is 32.8 Å². The number of hydrogen-bond acceptors (Lipinski definition) is 3. The van der Waals surface area contributed by atoms with Gasteiger partial charge >= 0.3 is 0 Å². The van der Waals surface area contributed by atoms with Crippen LogP contribution in [0.25, 0.3) is 0 Å². The maximum absolute atomic E-state index is 14.1. The molecule has 4 nitrogen and oxygen atoms in total. The van der Waals surface area contributed by atoms with Gasteiger partial charge in [0, 0.05) is 18.8 Å². The fourth-order valence-electron chi connectivity index (χ4n) is 2.82. The number of piperidine rings is 1. The molecule has 0 saturated carbocycles. The highest BCUT2D eigenvalue weighted by atomic mass is 79.9. The van der Waals surface area contributed by atoms with Crippen molar-refractivity contribution in [2.24, 2.45) is 0 Å². The van der Waals surface area contributed by atoms with Gasteiger partial charge in [-0.15, -0.1) is 0 Å². The molecule has 0 bridgehead atoms. The molecule has 0 aliphatic carbocycles. The first-order valence-electron chi connectivity index (χ1n) is 8.55. The molecule has 1 fully saturated rings. The zero-order chi connectivity index (χ0) is 20.3.